The van der Waals surface area contributed by atoms with Gasteiger partial charge in [-0.15, -0.1) is 0 Å². The Hall–Kier alpha value is -1.83. The van der Waals surface area contributed by atoms with E-state index in [9.17, 15) is 9.59 Å². The molecule has 0 radical (unpaired) electrons. The Bertz CT molecular complexity index is 379. The van der Waals surface area contributed by atoms with E-state index in [-0.39, 0.29) is 24.1 Å². The summed E-state index contributed by atoms with van der Waals surface area (Å²) in [6.07, 6.45) is 0. The highest BCUT2D eigenvalue weighted by molar-refractivity contribution is 6.01. The number of hydrogen-bond acceptors (Lipinski definition) is 4. The minimum Gasteiger partial charge on any atom is -0.377 e. The maximum Gasteiger partial charge on any atom is 0.324 e. The zero-order valence-electron chi connectivity index (χ0n) is 12.4. The van der Waals surface area contributed by atoms with E-state index in [2.05, 4.69) is 20.9 Å². The summed E-state index contributed by atoms with van der Waals surface area (Å²) in [5, 5.41) is 8.63. The van der Waals surface area contributed by atoms with E-state index < -0.39 is 0 Å². The molecule has 0 aliphatic carbocycles. The summed E-state index contributed by atoms with van der Waals surface area (Å²) in [5.74, 6) is 0.391. The molecule has 0 unspecified atom stereocenters. The van der Waals surface area contributed by atoms with E-state index >= 15 is 0 Å². The Morgan fingerprint density at radius 3 is 2.65 bits per heavy atom. The summed E-state index contributed by atoms with van der Waals surface area (Å²) >= 11 is 0. The first-order chi connectivity index (χ1) is 9.39. The molecule has 1 saturated heterocycles. The van der Waals surface area contributed by atoms with E-state index in [0.717, 1.165) is 0 Å². The predicted molar refractivity (Wildman–Crippen MR) is 75.6 cm³/mol. The van der Waals surface area contributed by atoms with Gasteiger partial charge in [0.05, 0.1) is 12.1 Å². The molecule has 0 aromatic rings. The fourth-order valence-electron chi connectivity index (χ4n) is 1.56. The highest BCUT2D eigenvalue weighted by atomic mass is 16.5. The summed E-state index contributed by atoms with van der Waals surface area (Å²) in [6.45, 7) is 5.33. The van der Waals surface area contributed by atoms with Gasteiger partial charge in [0.1, 0.15) is 0 Å². The van der Waals surface area contributed by atoms with Crippen molar-refractivity contribution in [1.82, 2.24) is 20.9 Å². The number of amides is 3. The van der Waals surface area contributed by atoms with Gasteiger partial charge in [0, 0.05) is 33.8 Å². The van der Waals surface area contributed by atoms with Gasteiger partial charge >= 0.3 is 6.03 Å². The number of hydrogen-bond donors (Lipinski definition) is 3. The fourth-order valence-corrected chi connectivity index (χ4v) is 1.56. The summed E-state index contributed by atoms with van der Waals surface area (Å²) in [7, 11) is 3.30. The summed E-state index contributed by atoms with van der Waals surface area (Å²) in [5.41, 5.74) is -0.303. The zero-order valence-corrected chi connectivity index (χ0v) is 12.4. The van der Waals surface area contributed by atoms with Crippen molar-refractivity contribution in [2.75, 3.05) is 40.3 Å². The number of carbonyl (C=O) groups excluding carboxylic acids is 2. The molecule has 3 N–H and O–H groups in total. The number of carbonyl (C=O) groups is 2. The van der Waals surface area contributed by atoms with E-state index in [1.165, 1.54) is 4.90 Å². The van der Waals surface area contributed by atoms with Crippen LogP contribution in [-0.4, -0.2) is 68.7 Å². The fraction of sp³-hybridized carbons (Fsp3) is 0.750. The molecule has 1 aliphatic heterocycles. The molecule has 0 spiro atoms. The molecule has 1 rings (SSSR count). The lowest BCUT2D eigenvalue weighted by Crippen LogP contribution is -2.47. The Labute approximate surface area is 118 Å². The molecule has 3 amide bonds. The van der Waals surface area contributed by atoms with Gasteiger partial charge in [0.25, 0.3) is 0 Å². The SMILES string of the molecule is CN=C(NCCN1C(=O)CNC1=O)NCC(C)(C)OC. The van der Waals surface area contributed by atoms with E-state index in [1.54, 1.807) is 14.2 Å². The molecule has 1 aliphatic rings. The molecular weight excluding hydrogens is 262 g/mol. The maximum atomic E-state index is 11.4. The monoisotopic (exact) mass is 285 g/mol. The first-order valence-corrected chi connectivity index (χ1v) is 6.47. The Morgan fingerprint density at radius 2 is 2.15 bits per heavy atom. The van der Waals surface area contributed by atoms with Crippen LogP contribution in [0.15, 0.2) is 4.99 Å². The van der Waals surface area contributed by atoms with Crippen molar-refractivity contribution in [2.45, 2.75) is 19.4 Å². The smallest absolute Gasteiger partial charge is 0.324 e. The van der Waals surface area contributed by atoms with Gasteiger partial charge in [-0.1, -0.05) is 0 Å². The third-order valence-electron chi connectivity index (χ3n) is 3.02. The van der Waals surface area contributed by atoms with Crippen LogP contribution in [0.25, 0.3) is 0 Å². The number of urea groups is 1. The summed E-state index contributed by atoms with van der Waals surface area (Å²) < 4.78 is 5.30. The van der Waals surface area contributed by atoms with E-state index in [0.29, 0.717) is 25.6 Å². The van der Waals surface area contributed by atoms with Crippen LogP contribution in [0.1, 0.15) is 13.8 Å². The highest BCUT2D eigenvalue weighted by Gasteiger charge is 2.27. The van der Waals surface area contributed by atoms with Crippen molar-refractivity contribution < 1.29 is 14.3 Å². The Morgan fingerprint density at radius 1 is 1.45 bits per heavy atom. The molecule has 20 heavy (non-hydrogen) atoms. The van der Waals surface area contributed by atoms with Crippen LogP contribution >= 0.6 is 0 Å². The van der Waals surface area contributed by atoms with Crippen LogP contribution in [0, 0.1) is 0 Å². The average molecular weight is 285 g/mol. The zero-order chi connectivity index (χ0) is 15.2. The minimum absolute atomic E-state index is 0.0772. The molecule has 1 heterocycles. The second kappa shape index (κ2) is 7.09. The standard InChI is InChI=1S/C12H23N5O3/c1-12(2,20-4)8-16-10(13-3)14-5-6-17-9(18)7-15-11(17)19/h5-8H2,1-4H3,(H,15,19)(H2,13,14,16). The molecular formula is C12H23N5O3. The van der Waals surface area contributed by atoms with Gasteiger partial charge in [-0.05, 0) is 13.8 Å². The minimum atomic E-state index is -0.347. The summed E-state index contributed by atoms with van der Waals surface area (Å²) in [4.78, 5) is 28.0. The van der Waals surface area contributed by atoms with Crippen molar-refractivity contribution in [3.63, 3.8) is 0 Å². The Kier molecular flexibility index (Phi) is 5.75. The molecule has 0 aromatic carbocycles. The highest BCUT2D eigenvalue weighted by Crippen LogP contribution is 2.04. The molecule has 114 valence electrons. The number of ether oxygens (including phenoxy) is 1. The predicted octanol–water partition coefficient (Wildman–Crippen LogP) is -0.872. The van der Waals surface area contributed by atoms with Crippen LogP contribution in [0.5, 0.6) is 0 Å². The molecule has 8 heteroatoms. The van der Waals surface area contributed by atoms with Crippen LogP contribution in [0.3, 0.4) is 0 Å². The van der Waals surface area contributed by atoms with Gasteiger partial charge in [-0.2, -0.15) is 0 Å². The van der Waals surface area contributed by atoms with Crippen molar-refractivity contribution in [1.29, 1.82) is 0 Å². The number of nitrogens with one attached hydrogen (secondary N) is 3. The lowest BCUT2D eigenvalue weighted by atomic mass is 10.1. The number of guanidine groups is 1. The first-order valence-electron chi connectivity index (χ1n) is 6.47. The van der Waals surface area contributed by atoms with E-state index in [4.69, 9.17) is 4.74 Å². The molecule has 8 nitrogen and oxygen atoms in total. The van der Waals surface area contributed by atoms with Gasteiger partial charge in [0.2, 0.25) is 5.91 Å². The average Bonchev–Trinajstić information content (AvgIpc) is 2.74. The molecule has 0 saturated carbocycles. The van der Waals surface area contributed by atoms with Crippen LogP contribution in [0.4, 0.5) is 4.79 Å². The van der Waals surface area contributed by atoms with Crippen molar-refractivity contribution in [3.05, 3.63) is 0 Å². The number of aliphatic imine (C=N–C) groups is 1. The third kappa shape index (κ3) is 4.69. The van der Waals surface area contributed by atoms with Crippen molar-refractivity contribution in [3.8, 4) is 0 Å². The Balaban J connectivity index is 2.32. The normalized spacial score (nSPS) is 16.4. The van der Waals surface area contributed by atoms with Crippen molar-refractivity contribution in [2.24, 2.45) is 4.99 Å². The quantitative estimate of drug-likeness (QED) is 0.335. The lowest BCUT2D eigenvalue weighted by molar-refractivity contribution is -0.124. The van der Waals surface area contributed by atoms with Gasteiger partial charge in [-0.3, -0.25) is 14.7 Å². The second-order valence-electron chi connectivity index (χ2n) is 5.02. The molecule has 0 aromatic heterocycles. The van der Waals surface area contributed by atoms with Gasteiger partial charge in [0.15, 0.2) is 5.96 Å². The molecule has 0 atom stereocenters. The van der Waals surface area contributed by atoms with Crippen LogP contribution in [-0.2, 0) is 9.53 Å². The number of imide groups is 1. The summed E-state index contributed by atoms with van der Waals surface area (Å²) in [6, 6.07) is -0.347. The topological polar surface area (TPSA) is 95.1 Å². The van der Waals surface area contributed by atoms with Crippen LogP contribution in [0.2, 0.25) is 0 Å². The van der Waals surface area contributed by atoms with Gasteiger partial charge in [-0.25, -0.2) is 4.79 Å². The number of nitrogens with zero attached hydrogens (tertiary/aromatic N) is 2. The maximum absolute atomic E-state index is 11.4. The number of rotatable bonds is 6. The first kappa shape index (κ1) is 16.2. The molecule has 1 fully saturated rings. The van der Waals surface area contributed by atoms with Gasteiger partial charge < -0.3 is 20.7 Å². The third-order valence-corrected chi connectivity index (χ3v) is 3.02. The second-order valence-corrected chi connectivity index (χ2v) is 5.02. The number of methoxy groups -OCH3 is 1. The van der Waals surface area contributed by atoms with Crippen molar-refractivity contribution >= 4 is 17.9 Å². The van der Waals surface area contributed by atoms with Crippen LogP contribution < -0.4 is 16.0 Å². The lowest BCUT2D eigenvalue weighted by Gasteiger charge is -2.24. The van der Waals surface area contributed by atoms with E-state index in [1.807, 2.05) is 13.8 Å². The molecule has 0 bridgehead atoms. The largest absolute Gasteiger partial charge is 0.377 e.